The van der Waals surface area contributed by atoms with E-state index < -0.39 is 0 Å². The van der Waals surface area contributed by atoms with Crippen molar-refractivity contribution in [3.63, 3.8) is 0 Å². The number of nitrogens with zero attached hydrogens (tertiary/aromatic N) is 1. The zero-order valence-electron chi connectivity index (χ0n) is 14.0. The maximum Gasteiger partial charge on any atom is 0.123 e. The Kier molecular flexibility index (Phi) is 6.50. The molecule has 1 aromatic carbocycles. The van der Waals surface area contributed by atoms with Crippen molar-refractivity contribution in [2.45, 2.75) is 39.8 Å². The highest BCUT2D eigenvalue weighted by Gasteiger charge is 2.18. The van der Waals surface area contributed by atoms with Crippen molar-refractivity contribution >= 4 is 0 Å². The van der Waals surface area contributed by atoms with Crippen molar-refractivity contribution in [1.29, 1.82) is 0 Å². The molecule has 0 radical (unpaired) electrons. The maximum absolute atomic E-state index is 5.50. The second kappa shape index (κ2) is 7.65. The summed E-state index contributed by atoms with van der Waals surface area (Å²) in [7, 11) is 6.02. The van der Waals surface area contributed by atoms with Crippen LogP contribution in [-0.2, 0) is 0 Å². The Morgan fingerprint density at radius 1 is 1.20 bits per heavy atom. The van der Waals surface area contributed by atoms with Crippen molar-refractivity contribution in [3.05, 3.63) is 29.3 Å². The van der Waals surface area contributed by atoms with Crippen LogP contribution in [0.1, 0.15) is 37.9 Å². The molecule has 3 nitrogen and oxygen atoms in total. The van der Waals surface area contributed by atoms with E-state index in [-0.39, 0.29) is 6.04 Å². The van der Waals surface area contributed by atoms with E-state index in [1.165, 1.54) is 11.1 Å². The third-order valence-electron chi connectivity index (χ3n) is 3.92. The maximum atomic E-state index is 5.50. The van der Waals surface area contributed by atoms with Crippen LogP contribution < -0.4 is 10.1 Å². The minimum Gasteiger partial charge on any atom is -0.496 e. The van der Waals surface area contributed by atoms with E-state index in [1.807, 2.05) is 0 Å². The van der Waals surface area contributed by atoms with Gasteiger partial charge in [-0.3, -0.25) is 0 Å². The minimum absolute atomic E-state index is 0.284. The van der Waals surface area contributed by atoms with E-state index in [1.54, 1.807) is 7.11 Å². The Morgan fingerprint density at radius 2 is 1.85 bits per heavy atom. The van der Waals surface area contributed by atoms with E-state index in [2.05, 4.69) is 70.2 Å². The first kappa shape index (κ1) is 17.0. The zero-order chi connectivity index (χ0) is 15.3. The van der Waals surface area contributed by atoms with E-state index in [9.17, 15) is 0 Å². The predicted molar refractivity (Wildman–Crippen MR) is 86.5 cm³/mol. The molecule has 0 aliphatic rings. The number of likely N-dealkylation sites (N-methyl/N-ethyl adjacent to an activating group) is 1. The highest BCUT2D eigenvalue weighted by Crippen LogP contribution is 2.26. The van der Waals surface area contributed by atoms with Crippen LogP contribution in [0.4, 0.5) is 0 Å². The van der Waals surface area contributed by atoms with Crippen molar-refractivity contribution in [1.82, 2.24) is 10.2 Å². The fourth-order valence-corrected chi connectivity index (χ4v) is 2.60. The number of nitrogens with one attached hydrogen (secondary N) is 1. The molecule has 0 saturated carbocycles. The van der Waals surface area contributed by atoms with E-state index >= 15 is 0 Å². The molecule has 1 aromatic rings. The highest BCUT2D eigenvalue weighted by molar-refractivity contribution is 5.39. The molecule has 1 rings (SSSR count). The second-order valence-electron chi connectivity index (χ2n) is 6.15. The van der Waals surface area contributed by atoms with Crippen LogP contribution >= 0.6 is 0 Å². The molecule has 2 unspecified atom stereocenters. The van der Waals surface area contributed by atoms with Crippen molar-refractivity contribution in [3.8, 4) is 5.75 Å². The zero-order valence-corrected chi connectivity index (χ0v) is 14.0. The molecule has 0 aliphatic carbocycles. The van der Waals surface area contributed by atoms with Gasteiger partial charge in [0.05, 0.1) is 7.11 Å². The summed E-state index contributed by atoms with van der Waals surface area (Å²) >= 11 is 0. The Balaban J connectivity index is 2.73. The third-order valence-corrected chi connectivity index (χ3v) is 3.92. The van der Waals surface area contributed by atoms with Gasteiger partial charge in [0.25, 0.3) is 0 Å². The number of hydrogen-bond donors (Lipinski definition) is 1. The molecule has 0 aromatic heterocycles. The summed E-state index contributed by atoms with van der Waals surface area (Å²) in [6, 6.07) is 7.22. The van der Waals surface area contributed by atoms with Gasteiger partial charge in [0.15, 0.2) is 0 Å². The average molecular weight is 278 g/mol. The van der Waals surface area contributed by atoms with Gasteiger partial charge in [-0.15, -0.1) is 0 Å². The Bertz CT molecular complexity index is 407. The number of rotatable bonds is 7. The summed E-state index contributed by atoms with van der Waals surface area (Å²) in [5.41, 5.74) is 2.45. The Labute approximate surface area is 124 Å². The van der Waals surface area contributed by atoms with Crippen LogP contribution in [0.3, 0.4) is 0 Å². The molecule has 1 N–H and O–H groups in total. The lowest BCUT2D eigenvalue weighted by Gasteiger charge is -2.30. The highest BCUT2D eigenvalue weighted by atomic mass is 16.5. The van der Waals surface area contributed by atoms with Gasteiger partial charge in [0, 0.05) is 24.2 Å². The van der Waals surface area contributed by atoms with E-state index in [0.717, 1.165) is 12.3 Å². The molecule has 20 heavy (non-hydrogen) atoms. The first-order chi connectivity index (χ1) is 9.36. The quantitative estimate of drug-likeness (QED) is 0.828. The topological polar surface area (TPSA) is 24.5 Å². The molecule has 114 valence electrons. The molecule has 2 atom stereocenters. The number of aryl methyl sites for hydroxylation is 1. The van der Waals surface area contributed by atoms with Crippen LogP contribution in [0.2, 0.25) is 0 Å². The number of hydrogen-bond acceptors (Lipinski definition) is 3. The number of benzene rings is 1. The van der Waals surface area contributed by atoms with Gasteiger partial charge >= 0.3 is 0 Å². The second-order valence-corrected chi connectivity index (χ2v) is 6.15. The van der Waals surface area contributed by atoms with Crippen LogP contribution in [0.15, 0.2) is 18.2 Å². The van der Waals surface area contributed by atoms with E-state index in [0.29, 0.717) is 12.0 Å². The summed E-state index contributed by atoms with van der Waals surface area (Å²) in [5, 5.41) is 3.63. The van der Waals surface area contributed by atoms with Gasteiger partial charge in [-0.2, -0.15) is 0 Å². The summed E-state index contributed by atoms with van der Waals surface area (Å²) in [4.78, 5) is 2.29. The number of methoxy groups -OCH3 is 1. The monoisotopic (exact) mass is 278 g/mol. The molecule has 0 amide bonds. The molecule has 0 aliphatic heterocycles. The molecule has 3 heteroatoms. The normalized spacial score (nSPS) is 14.7. The van der Waals surface area contributed by atoms with Crippen LogP contribution in [0.25, 0.3) is 0 Å². The van der Waals surface area contributed by atoms with Gasteiger partial charge in [-0.05, 0) is 45.5 Å². The molecule has 0 bridgehead atoms. The Morgan fingerprint density at radius 3 is 2.35 bits per heavy atom. The largest absolute Gasteiger partial charge is 0.496 e. The summed E-state index contributed by atoms with van der Waals surface area (Å²) in [6.45, 7) is 9.79. The minimum atomic E-state index is 0.284. The summed E-state index contributed by atoms with van der Waals surface area (Å²) in [5.74, 6) is 1.60. The standard InChI is InChI=1S/C17H30N2O/c1-12(2)16(19(5)6)11-18-14(4)15-9-8-13(3)10-17(15)20-7/h8-10,12,14,16,18H,11H2,1-7H3. The predicted octanol–water partition coefficient (Wildman–Crippen LogP) is 3.24. The lowest BCUT2D eigenvalue weighted by Crippen LogP contribution is -2.42. The van der Waals surface area contributed by atoms with Crippen LogP contribution in [-0.4, -0.2) is 38.7 Å². The smallest absolute Gasteiger partial charge is 0.123 e. The molecular weight excluding hydrogens is 248 g/mol. The van der Waals surface area contributed by atoms with Crippen LogP contribution in [0, 0.1) is 12.8 Å². The van der Waals surface area contributed by atoms with E-state index in [4.69, 9.17) is 4.74 Å². The molecule has 0 saturated heterocycles. The first-order valence-corrected chi connectivity index (χ1v) is 7.41. The fraction of sp³-hybridized carbons (Fsp3) is 0.647. The van der Waals surface area contributed by atoms with Gasteiger partial charge in [0.2, 0.25) is 0 Å². The van der Waals surface area contributed by atoms with Gasteiger partial charge in [-0.1, -0.05) is 26.0 Å². The lowest BCUT2D eigenvalue weighted by atomic mass is 10.0. The molecule has 0 spiro atoms. The van der Waals surface area contributed by atoms with Crippen molar-refractivity contribution in [2.24, 2.45) is 5.92 Å². The van der Waals surface area contributed by atoms with Crippen molar-refractivity contribution in [2.75, 3.05) is 27.7 Å². The lowest BCUT2D eigenvalue weighted by molar-refractivity contribution is 0.219. The summed E-state index contributed by atoms with van der Waals surface area (Å²) in [6.07, 6.45) is 0. The summed E-state index contributed by atoms with van der Waals surface area (Å²) < 4.78 is 5.50. The molecule has 0 heterocycles. The van der Waals surface area contributed by atoms with Crippen LogP contribution in [0.5, 0.6) is 5.75 Å². The van der Waals surface area contributed by atoms with Gasteiger partial charge < -0.3 is 15.0 Å². The van der Waals surface area contributed by atoms with Gasteiger partial charge in [0.1, 0.15) is 5.75 Å². The molecular formula is C17H30N2O. The molecule has 0 fully saturated rings. The number of ether oxygens (including phenoxy) is 1. The Hall–Kier alpha value is -1.06. The first-order valence-electron chi connectivity index (χ1n) is 7.41. The average Bonchev–Trinajstić information content (AvgIpc) is 2.37. The van der Waals surface area contributed by atoms with Gasteiger partial charge in [-0.25, -0.2) is 0 Å². The third kappa shape index (κ3) is 4.50. The SMILES string of the molecule is COc1cc(C)ccc1C(C)NCC(C(C)C)N(C)C. The van der Waals surface area contributed by atoms with Crippen molar-refractivity contribution < 1.29 is 4.74 Å². The fourth-order valence-electron chi connectivity index (χ4n) is 2.60.